The van der Waals surface area contributed by atoms with Gasteiger partial charge in [0.25, 0.3) is 0 Å². The Hall–Kier alpha value is -0.860. The molecule has 0 aromatic carbocycles. The Balaban J connectivity index is 3.57. The van der Waals surface area contributed by atoms with Gasteiger partial charge in [0.15, 0.2) is 0 Å². The molecule has 0 aliphatic carbocycles. The van der Waals surface area contributed by atoms with Crippen LogP contribution in [0.15, 0.2) is 5.70 Å². The first kappa shape index (κ1) is 5.14. The van der Waals surface area contributed by atoms with E-state index in [0.717, 1.165) is 0 Å². The van der Waals surface area contributed by atoms with Gasteiger partial charge in [-0.1, -0.05) is 0 Å². The van der Waals surface area contributed by atoms with Crippen molar-refractivity contribution in [3.8, 4) is 0 Å². The highest BCUT2D eigenvalue weighted by Gasteiger charge is 1.91. The molecule has 0 spiro atoms. The minimum Gasteiger partial charge on any atom is -0.259 e. The van der Waals surface area contributed by atoms with E-state index in [2.05, 4.69) is 6.58 Å². The van der Waals surface area contributed by atoms with E-state index < -0.39 is 4.92 Å². The van der Waals surface area contributed by atoms with Crippen molar-refractivity contribution in [1.82, 2.24) is 0 Å². The van der Waals surface area contributed by atoms with Crippen LogP contribution in [-0.2, 0) is 0 Å². The van der Waals surface area contributed by atoms with E-state index in [-0.39, 0.29) is 5.70 Å². The molecule has 0 aliphatic rings. The lowest BCUT2D eigenvalue weighted by molar-refractivity contribution is -0.424. The Kier molecular flexibility index (Phi) is 1.32. The van der Waals surface area contributed by atoms with Gasteiger partial charge in [0.05, 0.1) is 4.92 Å². The van der Waals surface area contributed by atoms with Crippen molar-refractivity contribution in [2.75, 3.05) is 0 Å². The lowest BCUT2D eigenvalue weighted by atomic mass is 10.6. The molecule has 0 fully saturated rings. The second-order valence-electron chi connectivity index (χ2n) is 0.898. The molecule has 0 aromatic rings. The zero-order valence-corrected chi connectivity index (χ0v) is 3.34. The molecule has 0 N–H and O–H groups in total. The van der Waals surface area contributed by atoms with Gasteiger partial charge < -0.3 is 0 Å². The molecular weight excluding hydrogens is 82.0 g/mol. The summed E-state index contributed by atoms with van der Waals surface area (Å²) in [6.07, 6.45) is 0. The summed E-state index contributed by atoms with van der Waals surface area (Å²) in [4.78, 5) is 8.70. The van der Waals surface area contributed by atoms with Gasteiger partial charge in [-0.05, 0) is 0 Å². The van der Waals surface area contributed by atoms with Crippen molar-refractivity contribution >= 4 is 0 Å². The molecule has 0 saturated heterocycles. The minimum absolute atomic E-state index is 0.269. The average Bonchev–Trinajstić information content (AvgIpc) is 1.36. The highest BCUT2D eigenvalue weighted by atomic mass is 16.6. The first-order chi connectivity index (χ1) is 2.64. The summed E-state index contributed by atoms with van der Waals surface area (Å²) in [5.41, 5.74) is -0.269. The third-order valence-electron chi connectivity index (χ3n) is 0.288. The third-order valence-corrected chi connectivity index (χ3v) is 0.288. The fourth-order valence-corrected chi connectivity index (χ4v) is 0. The first-order valence-corrected chi connectivity index (χ1v) is 1.38. The van der Waals surface area contributed by atoms with Crippen LogP contribution in [0.3, 0.4) is 0 Å². The van der Waals surface area contributed by atoms with E-state index in [9.17, 15) is 10.1 Å². The predicted molar refractivity (Wildman–Crippen MR) is 20.5 cm³/mol. The van der Waals surface area contributed by atoms with E-state index >= 15 is 0 Å². The number of nitrogens with zero attached hydrogens (tertiary/aromatic N) is 1. The van der Waals surface area contributed by atoms with Gasteiger partial charge in [-0.3, -0.25) is 10.1 Å². The van der Waals surface area contributed by atoms with Gasteiger partial charge in [-0.25, -0.2) is 0 Å². The molecule has 0 heterocycles. The molecule has 6 heavy (non-hydrogen) atoms. The highest BCUT2D eigenvalue weighted by molar-refractivity contribution is 4.65. The zero-order valence-electron chi connectivity index (χ0n) is 3.34. The SMILES string of the molecule is [CH]=C(C)[N+](=O)[O-]. The minimum atomic E-state index is -0.639. The Morgan fingerprint density at radius 1 is 2.00 bits per heavy atom. The van der Waals surface area contributed by atoms with Gasteiger partial charge in [0.1, 0.15) is 0 Å². The molecule has 33 valence electrons. The van der Waals surface area contributed by atoms with Crippen molar-refractivity contribution in [2.24, 2.45) is 0 Å². The van der Waals surface area contributed by atoms with E-state index in [1.807, 2.05) is 0 Å². The number of hydrogen-bond donors (Lipinski definition) is 0. The van der Waals surface area contributed by atoms with Gasteiger partial charge >= 0.3 is 0 Å². The van der Waals surface area contributed by atoms with Crippen LogP contribution in [0, 0.1) is 16.7 Å². The highest BCUT2D eigenvalue weighted by Crippen LogP contribution is 1.81. The standard InChI is InChI=1S/C3H4NO2/c1-3(2)4(5)6/h1H,2H3. The van der Waals surface area contributed by atoms with E-state index in [4.69, 9.17) is 0 Å². The maximum atomic E-state index is 9.34. The number of hydrogen-bond acceptors (Lipinski definition) is 2. The number of allylic oxidation sites excluding steroid dienone is 1. The monoisotopic (exact) mass is 86.0 g/mol. The topological polar surface area (TPSA) is 43.1 Å². The second kappa shape index (κ2) is 1.55. The molecule has 0 bridgehead atoms. The van der Waals surface area contributed by atoms with Crippen LogP contribution in [0.2, 0.25) is 0 Å². The van der Waals surface area contributed by atoms with Crippen molar-refractivity contribution in [2.45, 2.75) is 6.92 Å². The predicted octanol–water partition coefficient (Wildman–Crippen LogP) is 0.600. The summed E-state index contributed by atoms with van der Waals surface area (Å²) in [5.74, 6) is 0. The van der Waals surface area contributed by atoms with Gasteiger partial charge in [0, 0.05) is 13.5 Å². The summed E-state index contributed by atoms with van der Waals surface area (Å²) in [6, 6.07) is 0. The zero-order chi connectivity index (χ0) is 5.15. The average molecular weight is 86.1 g/mol. The van der Waals surface area contributed by atoms with Crippen LogP contribution >= 0.6 is 0 Å². The Morgan fingerprint density at radius 3 is 2.17 bits per heavy atom. The van der Waals surface area contributed by atoms with Crippen LogP contribution in [0.4, 0.5) is 0 Å². The quantitative estimate of drug-likeness (QED) is 0.346. The normalized spacial score (nSPS) is 7.50. The van der Waals surface area contributed by atoms with Crippen molar-refractivity contribution in [3.05, 3.63) is 22.4 Å². The van der Waals surface area contributed by atoms with Crippen LogP contribution in [0.5, 0.6) is 0 Å². The van der Waals surface area contributed by atoms with Gasteiger partial charge in [-0.15, -0.1) is 0 Å². The van der Waals surface area contributed by atoms with Crippen LogP contribution < -0.4 is 0 Å². The molecule has 0 rings (SSSR count). The summed E-state index contributed by atoms with van der Waals surface area (Å²) in [7, 11) is 0. The summed E-state index contributed by atoms with van der Waals surface area (Å²) in [5, 5.41) is 9.34. The number of nitro groups is 1. The second-order valence-corrected chi connectivity index (χ2v) is 0.898. The first-order valence-electron chi connectivity index (χ1n) is 1.38. The van der Waals surface area contributed by atoms with Crippen LogP contribution in [-0.4, -0.2) is 4.92 Å². The van der Waals surface area contributed by atoms with E-state index in [1.54, 1.807) is 0 Å². The van der Waals surface area contributed by atoms with E-state index in [1.165, 1.54) is 6.92 Å². The lowest BCUT2D eigenvalue weighted by Crippen LogP contribution is -1.89. The third kappa shape index (κ3) is 1.46. The van der Waals surface area contributed by atoms with Crippen LogP contribution in [0.1, 0.15) is 6.92 Å². The summed E-state index contributed by atoms with van der Waals surface area (Å²) in [6.45, 7) is 5.89. The largest absolute Gasteiger partial charge is 0.259 e. The lowest BCUT2D eigenvalue weighted by Gasteiger charge is -1.77. The molecule has 0 amide bonds. The molecular formula is C3H4NO2. The fourth-order valence-electron chi connectivity index (χ4n) is 0. The fraction of sp³-hybridized carbons (Fsp3) is 0.333. The van der Waals surface area contributed by atoms with Crippen molar-refractivity contribution in [1.29, 1.82) is 0 Å². The van der Waals surface area contributed by atoms with Crippen molar-refractivity contribution in [3.63, 3.8) is 0 Å². The van der Waals surface area contributed by atoms with Crippen molar-refractivity contribution < 1.29 is 4.92 Å². The van der Waals surface area contributed by atoms with Gasteiger partial charge in [0.2, 0.25) is 5.70 Å². The molecule has 0 unspecified atom stereocenters. The number of rotatable bonds is 1. The molecule has 0 aromatic heterocycles. The smallest absolute Gasteiger partial charge is 0.243 e. The maximum absolute atomic E-state index is 9.34. The molecule has 3 heteroatoms. The summed E-state index contributed by atoms with van der Waals surface area (Å²) < 4.78 is 0. The Labute approximate surface area is 35.4 Å². The Morgan fingerprint density at radius 2 is 2.17 bits per heavy atom. The Bertz CT molecular complexity index is 74.8. The maximum Gasteiger partial charge on any atom is 0.243 e. The molecule has 3 nitrogen and oxygen atoms in total. The molecule has 0 saturated carbocycles. The van der Waals surface area contributed by atoms with Crippen LogP contribution in [0.25, 0.3) is 0 Å². The van der Waals surface area contributed by atoms with E-state index in [0.29, 0.717) is 0 Å². The molecule has 1 radical (unpaired) electrons. The molecule has 0 aliphatic heterocycles. The van der Waals surface area contributed by atoms with Gasteiger partial charge in [-0.2, -0.15) is 0 Å². The molecule has 0 atom stereocenters. The summed E-state index contributed by atoms with van der Waals surface area (Å²) >= 11 is 0.